The molecule has 0 atom stereocenters. The van der Waals surface area contributed by atoms with E-state index in [-0.39, 0.29) is 0 Å². The largest absolute Gasteiger partial charge is 0.365 e. The van der Waals surface area contributed by atoms with Crippen molar-refractivity contribution in [3.05, 3.63) is 48.6 Å². The molecule has 0 fully saturated rings. The number of hydrogen-bond acceptors (Lipinski definition) is 3. The van der Waals surface area contributed by atoms with E-state index in [2.05, 4.69) is 16.6 Å². The molecule has 0 aliphatic carbocycles. The quantitative estimate of drug-likeness (QED) is 0.400. The number of benzene rings is 1. The lowest BCUT2D eigenvalue weighted by molar-refractivity contribution is 0.0519. The van der Waals surface area contributed by atoms with E-state index in [1.54, 1.807) is 24.3 Å². The second-order valence-electron chi connectivity index (χ2n) is 2.23. The maximum absolute atomic E-state index is 11.1. The smallest absolute Gasteiger partial charge is 0.313 e. The molecule has 1 aromatic rings. The Morgan fingerprint density at radius 1 is 1.38 bits per heavy atom. The molecular formula is C10H9NO2. The van der Waals surface area contributed by atoms with Crippen molar-refractivity contribution in [2.75, 3.05) is 0 Å². The number of rotatable bonds is 3. The molecule has 3 nitrogen and oxygen atoms in total. The SMILES string of the molecule is C=C/C=N\OC(=O)c1ccccc1. The Bertz CT molecular complexity index is 317. The van der Waals surface area contributed by atoms with Crippen LogP contribution in [0, 0.1) is 0 Å². The van der Waals surface area contributed by atoms with E-state index in [1.165, 1.54) is 12.3 Å². The van der Waals surface area contributed by atoms with E-state index in [0.29, 0.717) is 5.56 Å². The van der Waals surface area contributed by atoms with E-state index in [0.717, 1.165) is 0 Å². The van der Waals surface area contributed by atoms with E-state index in [4.69, 9.17) is 0 Å². The van der Waals surface area contributed by atoms with Crippen molar-refractivity contribution >= 4 is 12.2 Å². The van der Waals surface area contributed by atoms with Crippen LogP contribution < -0.4 is 0 Å². The van der Waals surface area contributed by atoms with E-state index in [9.17, 15) is 4.79 Å². The molecule has 0 saturated carbocycles. The van der Waals surface area contributed by atoms with Crippen LogP contribution in [0.5, 0.6) is 0 Å². The van der Waals surface area contributed by atoms with Crippen LogP contribution in [0.25, 0.3) is 0 Å². The molecule has 0 saturated heterocycles. The number of allylic oxidation sites excluding steroid dienone is 1. The Balaban J connectivity index is 2.59. The molecule has 0 aliphatic rings. The first-order chi connectivity index (χ1) is 6.34. The first-order valence-corrected chi connectivity index (χ1v) is 3.75. The zero-order valence-electron chi connectivity index (χ0n) is 7.01. The average Bonchev–Trinajstić information content (AvgIpc) is 2.19. The number of carbonyl (C=O) groups excluding carboxylic acids is 1. The predicted octanol–water partition coefficient (Wildman–Crippen LogP) is 2.02. The fourth-order valence-electron chi connectivity index (χ4n) is 0.748. The molecule has 3 heteroatoms. The van der Waals surface area contributed by atoms with Gasteiger partial charge in [0.1, 0.15) is 0 Å². The Labute approximate surface area is 76.3 Å². The van der Waals surface area contributed by atoms with Crippen molar-refractivity contribution < 1.29 is 9.63 Å². The van der Waals surface area contributed by atoms with Gasteiger partial charge >= 0.3 is 5.97 Å². The van der Waals surface area contributed by atoms with Gasteiger partial charge in [-0.3, -0.25) is 0 Å². The lowest BCUT2D eigenvalue weighted by Gasteiger charge is -1.95. The summed E-state index contributed by atoms with van der Waals surface area (Å²) in [7, 11) is 0. The van der Waals surface area contributed by atoms with Gasteiger partial charge in [-0.25, -0.2) is 4.79 Å². The number of carbonyl (C=O) groups is 1. The molecule has 0 aliphatic heterocycles. The summed E-state index contributed by atoms with van der Waals surface area (Å²) in [6, 6.07) is 8.66. The monoisotopic (exact) mass is 175 g/mol. The van der Waals surface area contributed by atoms with Crippen molar-refractivity contribution in [2.45, 2.75) is 0 Å². The average molecular weight is 175 g/mol. The maximum Gasteiger partial charge on any atom is 0.365 e. The molecule has 0 spiro atoms. The van der Waals surface area contributed by atoms with Gasteiger partial charge in [0.25, 0.3) is 0 Å². The van der Waals surface area contributed by atoms with Crippen LogP contribution in [0.15, 0.2) is 48.1 Å². The summed E-state index contributed by atoms with van der Waals surface area (Å²) in [6.07, 6.45) is 2.74. The molecule has 0 heterocycles. The molecule has 13 heavy (non-hydrogen) atoms. The Morgan fingerprint density at radius 3 is 2.69 bits per heavy atom. The van der Waals surface area contributed by atoms with Gasteiger partial charge in [0.05, 0.1) is 11.8 Å². The predicted molar refractivity (Wildman–Crippen MR) is 50.5 cm³/mol. The summed E-state index contributed by atoms with van der Waals surface area (Å²) < 4.78 is 0. The molecule has 0 aromatic heterocycles. The third-order valence-corrected chi connectivity index (χ3v) is 1.31. The summed E-state index contributed by atoms with van der Waals surface area (Å²) >= 11 is 0. The molecule has 0 N–H and O–H groups in total. The minimum atomic E-state index is -0.473. The van der Waals surface area contributed by atoms with Crippen molar-refractivity contribution in [3.63, 3.8) is 0 Å². The lowest BCUT2D eigenvalue weighted by atomic mass is 10.2. The van der Waals surface area contributed by atoms with Crippen molar-refractivity contribution in [2.24, 2.45) is 5.16 Å². The lowest BCUT2D eigenvalue weighted by Crippen LogP contribution is -1.99. The summed E-state index contributed by atoms with van der Waals surface area (Å²) in [5.74, 6) is -0.473. The van der Waals surface area contributed by atoms with E-state index < -0.39 is 5.97 Å². The highest BCUT2D eigenvalue weighted by molar-refractivity contribution is 5.89. The zero-order chi connectivity index (χ0) is 9.52. The maximum atomic E-state index is 11.1. The van der Waals surface area contributed by atoms with Crippen LogP contribution in [0.3, 0.4) is 0 Å². The molecule has 0 radical (unpaired) electrons. The van der Waals surface area contributed by atoms with Crippen LogP contribution in [0.1, 0.15) is 10.4 Å². The van der Waals surface area contributed by atoms with Gasteiger partial charge < -0.3 is 4.84 Å². The van der Waals surface area contributed by atoms with Gasteiger partial charge in [0, 0.05) is 0 Å². The highest BCUT2D eigenvalue weighted by Crippen LogP contribution is 2.00. The van der Waals surface area contributed by atoms with Crippen LogP contribution in [-0.2, 0) is 4.84 Å². The second-order valence-corrected chi connectivity index (χ2v) is 2.23. The Kier molecular flexibility index (Phi) is 3.45. The summed E-state index contributed by atoms with van der Waals surface area (Å²) in [5, 5.41) is 3.37. The topological polar surface area (TPSA) is 38.7 Å². The van der Waals surface area contributed by atoms with Gasteiger partial charge in [0.2, 0.25) is 0 Å². The van der Waals surface area contributed by atoms with Gasteiger partial charge in [-0.1, -0.05) is 29.9 Å². The minimum Gasteiger partial charge on any atom is -0.313 e. The Hall–Kier alpha value is -1.90. The molecule has 1 aromatic carbocycles. The van der Waals surface area contributed by atoms with Crippen LogP contribution in [0.2, 0.25) is 0 Å². The first-order valence-electron chi connectivity index (χ1n) is 3.75. The molecule has 0 unspecified atom stereocenters. The highest BCUT2D eigenvalue weighted by atomic mass is 16.7. The minimum absolute atomic E-state index is 0.473. The molecule has 0 bridgehead atoms. The van der Waals surface area contributed by atoms with E-state index >= 15 is 0 Å². The number of nitrogens with zero attached hydrogens (tertiary/aromatic N) is 1. The summed E-state index contributed by atoms with van der Waals surface area (Å²) in [5.41, 5.74) is 0.476. The van der Waals surface area contributed by atoms with Crippen molar-refractivity contribution in [1.82, 2.24) is 0 Å². The molecule has 66 valence electrons. The third-order valence-electron chi connectivity index (χ3n) is 1.31. The second kappa shape index (κ2) is 4.87. The van der Waals surface area contributed by atoms with Crippen LogP contribution in [0.4, 0.5) is 0 Å². The summed E-state index contributed by atoms with van der Waals surface area (Å²) in [4.78, 5) is 15.7. The van der Waals surface area contributed by atoms with Gasteiger partial charge in [0.15, 0.2) is 0 Å². The van der Waals surface area contributed by atoms with Gasteiger partial charge in [-0.05, 0) is 18.2 Å². The molecule has 0 amide bonds. The fourth-order valence-corrected chi connectivity index (χ4v) is 0.748. The van der Waals surface area contributed by atoms with Crippen LogP contribution >= 0.6 is 0 Å². The first kappa shape index (κ1) is 9.19. The van der Waals surface area contributed by atoms with Gasteiger partial charge in [-0.2, -0.15) is 0 Å². The van der Waals surface area contributed by atoms with Crippen molar-refractivity contribution in [3.8, 4) is 0 Å². The normalized spacial score (nSPS) is 9.85. The third kappa shape index (κ3) is 2.91. The highest BCUT2D eigenvalue weighted by Gasteiger charge is 2.03. The van der Waals surface area contributed by atoms with Crippen molar-refractivity contribution in [1.29, 1.82) is 0 Å². The number of oxime groups is 1. The Morgan fingerprint density at radius 2 is 2.08 bits per heavy atom. The number of hydrogen-bond donors (Lipinski definition) is 0. The van der Waals surface area contributed by atoms with E-state index in [1.807, 2.05) is 6.07 Å². The molecule has 1 rings (SSSR count). The van der Waals surface area contributed by atoms with Crippen LogP contribution in [-0.4, -0.2) is 12.2 Å². The van der Waals surface area contributed by atoms with Gasteiger partial charge in [-0.15, -0.1) is 0 Å². The summed E-state index contributed by atoms with van der Waals surface area (Å²) in [6.45, 7) is 3.39. The molecular weight excluding hydrogens is 166 g/mol. The zero-order valence-corrected chi connectivity index (χ0v) is 7.01. The standard InChI is InChI=1S/C10H9NO2/c1-2-8-11-13-10(12)9-6-4-3-5-7-9/h2-8H,1H2/b11-8-. The fraction of sp³-hybridized carbons (Fsp3) is 0.